The minimum absolute atomic E-state index is 0.352. The molecule has 1 saturated carbocycles. The van der Waals surface area contributed by atoms with Gasteiger partial charge in [-0.25, -0.2) is 4.52 Å². The largest absolute Gasteiger partial charge is 0.573 e. The van der Waals surface area contributed by atoms with Gasteiger partial charge in [0.2, 0.25) is 0 Å². The maximum absolute atomic E-state index is 12.6. The first-order valence-corrected chi connectivity index (χ1v) is 9.89. The second kappa shape index (κ2) is 6.86. The van der Waals surface area contributed by atoms with Crippen LogP contribution in [0.1, 0.15) is 36.0 Å². The van der Waals surface area contributed by atoms with Gasteiger partial charge in [-0.1, -0.05) is 0 Å². The van der Waals surface area contributed by atoms with Gasteiger partial charge in [-0.3, -0.25) is 4.79 Å². The fraction of sp³-hybridized carbons (Fsp3) is 0.529. The number of amides is 1. The molecule has 2 aromatic heterocycles. The molecule has 1 N–H and O–H groups in total. The molecular weight excluding hydrogens is 338 g/mol. The smallest absolute Gasteiger partial charge is 0.297 e. The predicted molar refractivity (Wildman–Crippen MR) is 97.6 cm³/mol. The van der Waals surface area contributed by atoms with E-state index in [-0.39, 0.29) is 5.91 Å². The second-order valence-corrected chi connectivity index (χ2v) is 8.23. The molecule has 1 unspecified atom stereocenters. The molecule has 2 fully saturated rings. The molecule has 4 rings (SSSR count). The third kappa shape index (κ3) is 3.61. The Hall–Kier alpha value is -1.77. The quantitative estimate of drug-likeness (QED) is 0.791. The molecule has 0 spiro atoms. The molecule has 0 bridgehead atoms. The van der Waals surface area contributed by atoms with Crippen molar-refractivity contribution >= 4 is 28.7 Å². The summed E-state index contributed by atoms with van der Waals surface area (Å²) >= 11 is -1.52. The van der Waals surface area contributed by atoms with Crippen molar-refractivity contribution < 1.29 is 9.35 Å². The van der Waals surface area contributed by atoms with Crippen molar-refractivity contribution in [3.63, 3.8) is 0 Å². The standard InChI is InChI=1S/C17H23N5O2S/c1-20(12-13-4-5-13)25(24)19-17(23)15-11-18-22-9-6-14(10-16(15)22)21-7-2-3-8-21/h6,9-11,13H,2-5,7-8,12H2,1H3,(H,19,23). The fourth-order valence-corrected chi connectivity index (χ4v) is 4.03. The van der Waals surface area contributed by atoms with E-state index in [1.807, 2.05) is 18.3 Å². The van der Waals surface area contributed by atoms with E-state index in [4.69, 9.17) is 0 Å². The normalized spacial score (nSPS) is 18.9. The Balaban J connectivity index is 1.51. The number of pyridine rings is 1. The predicted octanol–water partition coefficient (Wildman–Crippen LogP) is 1.58. The van der Waals surface area contributed by atoms with Gasteiger partial charge in [0.05, 0.1) is 17.3 Å². The van der Waals surface area contributed by atoms with Gasteiger partial charge in [0, 0.05) is 38.6 Å². The van der Waals surface area contributed by atoms with Crippen molar-refractivity contribution in [2.45, 2.75) is 25.7 Å². The van der Waals surface area contributed by atoms with Crippen LogP contribution in [0.15, 0.2) is 24.5 Å². The van der Waals surface area contributed by atoms with Crippen LogP contribution in [0.3, 0.4) is 0 Å². The highest BCUT2D eigenvalue weighted by atomic mass is 32.2. The van der Waals surface area contributed by atoms with Gasteiger partial charge in [0.15, 0.2) is 11.5 Å². The van der Waals surface area contributed by atoms with Crippen LogP contribution in [0.5, 0.6) is 0 Å². The molecule has 2 aliphatic rings. The number of nitrogens with zero attached hydrogens (tertiary/aromatic N) is 4. The molecule has 8 heteroatoms. The van der Waals surface area contributed by atoms with Crippen molar-refractivity contribution in [1.29, 1.82) is 0 Å². The first-order valence-electron chi connectivity index (χ1n) is 8.78. The van der Waals surface area contributed by atoms with Gasteiger partial charge in [-0.15, -0.1) is 9.03 Å². The molecule has 1 saturated heterocycles. The first-order chi connectivity index (χ1) is 12.1. The third-order valence-corrected chi connectivity index (χ3v) is 5.97. The number of aromatic nitrogens is 2. The molecule has 0 radical (unpaired) electrons. The Bertz CT molecular complexity index is 769. The number of rotatable bonds is 6. The van der Waals surface area contributed by atoms with E-state index in [9.17, 15) is 9.35 Å². The van der Waals surface area contributed by atoms with Gasteiger partial charge in [0.25, 0.3) is 5.91 Å². The molecule has 1 atom stereocenters. The maximum Gasteiger partial charge on any atom is 0.297 e. The summed E-state index contributed by atoms with van der Waals surface area (Å²) in [6, 6.07) is 4.01. The van der Waals surface area contributed by atoms with Crippen LogP contribution < -0.4 is 9.62 Å². The summed E-state index contributed by atoms with van der Waals surface area (Å²) in [7, 11) is 1.77. The lowest BCUT2D eigenvalue weighted by Gasteiger charge is -2.19. The SMILES string of the molecule is CN(CC1CC1)[S+]([O-])NC(=O)c1cnn2ccc(N3CCCC3)cc12. The first kappa shape index (κ1) is 16.7. The number of carbonyl (C=O) groups excluding carboxylic acids is 1. The zero-order valence-corrected chi connectivity index (χ0v) is 15.2. The monoisotopic (exact) mass is 361 g/mol. The lowest BCUT2D eigenvalue weighted by Crippen LogP contribution is -2.42. The third-order valence-electron chi connectivity index (χ3n) is 4.90. The Morgan fingerprint density at radius 3 is 2.92 bits per heavy atom. The zero-order valence-electron chi connectivity index (χ0n) is 14.4. The van der Waals surface area contributed by atoms with Crippen molar-refractivity contribution in [2.24, 2.45) is 5.92 Å². The molecule has 7 nitrogen and oxygen atoms in total. The van der Waals surface area contributed by atoms with Crippen LogP contribution in [0, 0.1) is 5.92 Å². The van der Waals surface area contributed by atoms with Gasteiger partial charge >= 0.3 is 0 Å². The van der Waals surface area contributed by atoms with Crippen molar-refractivity contribution in [3.8, 4) is 0 Å². The minimum atomic E-state index is -1.52. The van der Waals surface area contributed by atoms with Crippen molar-refractivity contribution in [3.05, 3.63) is 30.1 Å². The van der Waals surface area contributed by atoms with Crippen molar-refractivity contribution in [2.75, 3.05) is 31.6 Å². The molecule has 1 amide bonds. The summed E-state index contributed by atoms with van der Waals surface area (Å²) in [5.74, 6) is 0.264. The highest BCUT2D eigenvalue weighted by Crippen LogP contribution is 2.30. The maximum atomic E-state index is 12.6. The highest BCUT2D eigenvalue weighted by Gasteiger charge is 2.29. The molecule has 134 valence electrons. The van der Waals surface area contributed by atoms with E-state index in [0.717, 1.165) is 30.8 Å². The lowest BCUT2D eigenvalue weighted by atomic mass is 10.2. The van der Waals surface area contributed by atoms with Crippen LogP contribution in [0.25, 0.3) is 5.52 Å². The van der Waals surface area contributed by atoms with Crippen LogP contribution >= 0.6 is 0 Å². The molecule has 1 aliphatic carbocycles. The summed E-state index contributed by atoms with van der Waals surface area (Å²) in [6.45, 7) is 2.84. The Labute approximate surface area is 150 Å². The van der Waals surface area contributed by atoms with E-state index in [1.165, 1.54) is 31.9 Å². The summed E-state index contributed by atoms with van der Waals surface area (Å²) in [4.78, 5) is 14.9. The summed E-state index contributed by atoms with van der Waals surface area (Å²) in [5.41, 5.74) is 2.30. The molecular formula is C17H23N5O2S. The summed E-state index contributed by atoms with van der Waals surface area (Å²) < 4.78 is 18.3. The van der Waals surface area contributed by atoms with Gasteiger partial charge in [-0.2, -0.15) is 5.10 Å². The topological polar surface area (TPSA) is 75.9 Å². The number of carbonyl (C=O) groups is 1. The molecule has 25 heavy (non-hydrogen) atoms. The van der Waals surface area contributed by atoms with E-state index >= 15 is 0 Å². The molecule has 1 aliphatic heterocycles. The second-order valence-electron chi connectivity index (χ2n) is 6.90. The van der Waals surface area contributed by atoms with E-state index in [1.54, 1.807) is 15.9 Å². The number of hydrogen-bond donors (Lipinski definition) is 1. The van der Waals surface area contributed by atoms with Crippen LogP contribution in [0.2, 0.25) is 0 Å². The molecule has 0 aromatic carbocycles. The lowest BCUT2D eigenvalue weighted by molar-refractivity contribution is 0.0980. The van der Waals surface area contributed by atoms with Gasteiger partial charge in [-0.05, 0) is 43.7 Å². The van der Waals surface area contributed by atoms with Gasteiger partial charge < -0.3 is 9.45 Å². The van der Waals surface area contributed by atoms with Crippen LogP contribution in [0.4, 0.5) is 5.69 Å². The Morgan fingerprint density at radius 2 is 2.20 bits per heavy atom. The van der Waals surface area contributed by atoms with Crippen LogP contribution in [-0.4, -0.2) is 51.1 Å². The fourth-order valence-electron chi connectivity index (χ4n) is 3.26. The van der Waals surface area contributed by atoms with E-state index in [0.29, 0.717) is 11.5 Å². The minimum Gasteiger partial charge on any atom is -0.573 e. The Morgan fingerprint density at radius 1 is 1.44 bits per heavy atom. The molecule has 3 heterocycles. The average molecular weight is 361 g/mol. The number of hydrogen-bond acceptors (Lipinski definition) is 5. The summed E-state index contributed by atoms with van der Waals surface area (Å²) in [6.07, 6.45) is 8.17. The zero-order chi connectivity index (χ0) is 17.4. The van der Waals surface area contributed by atoms with Crippen molar-refractivity contribution in [1.82, 2.24) is 18.6 Å². The average Bonchev–Trinajstić information content (AvgIpc) is 3.11. The van der Waals surface area contributed by atoms with Gasteiger partial charge in [0.1, 0.15) is 0 Å². The number of anilines is 1. The van der Waals surface area contributed by atoms with E-state index in [2.05, 4.69) is 14.7 Å². The summed E-state index contributed by atoms with van der Waals surface area (Å²) in [5, 5.41) is 4.24. The van der Waals surface area contributed by atoms with Crippen LogP contribution in [-0.2, 0) is 11.5 Å². The Kier molecular flexibility index (Phi) is 4.58. The number of nitrogens with one attached hydrogen (secondary N) is 1. The highest BCUT2D eigenvalue weighted by molar-refractivity contribution is 7.87. The van der Waals surface area contributed by atoms with E-state index < -0.39 is 11.5 Å². The number of fused-ring (bicyclic) bond motifs is 1. The molecule has 2 aromatic rings.